The molecule has 4 rings (SSSR count). The maximum atomic E-state index is 13.8. The molecule has 0 bridgehead atoms. The van der Waals surface area contributed by atoms with Crippen LogP contribution >= 0.6 is 0 Å². The first-order valence-electron chi connectivity index (χ1n) is 11.1. The summed E-state index contributed by atoms with van der Waals surface area (Å²) >= 11 is 0. The van der Waals surface area contributed by atoms with Crippen molar-refractivity contribution in [3.05, 3.63) is 76.9 Å². The Morgan fingerprint density at radius 2 is 2.11 bits per heavy atom. The van der Waals surface area contributed by atoms with Crippen molar-refractivity contribution in [2.75, 3.05) is 6.61 Å². The fraction of sp³-hybridized carbons (Fsp3) is 0.391. The van der Waals surface area contributed by atoms with Crippen LogP contribution in [0, 0.1) is 24.6 Å². The fourth-order valence-corrected chi connectivity index (χ4v) is 4.72. The van der Waals surface area contributed by atoms with Crippen molar-refractivity contribution in [3.8, 4) is 0 Å². The number of nitrogens with zero attached hydrogens (tertiary/aromatic N) is 4. The number of aromatic nitrogens is 4. The number of carbonyl (C=O) groups excluding carboxylic acids is 1. The van der Waals surface area contributed by atoms with Crippen molar-refractivity contribution >= 4 is 16.1 Å². The Balaban J connectivity index is 1.44. The topological polar surface area (TPSA) is 150 Å². The molecule has 0 saturated heterocycles. The van der Waals surface area contributed by atoms with Crippen LogP contribution in [0.15, 0.2) is 43.0 Å². The van der Waals surface area contributed by atoms with Crippen LogP contribution in [0.5, 0.6) is 0 Å². The predicted octanol–water partition coefficient (Wildman–Crippen LogP) is 1.55. The van der Waals surface area contributed by atoms with E-state index in [9.17, 15) is 22.7 Å². The molecule has 2 heterocycles. The monoisotopic (exact) mass is 503 g/mol. The second-order valence-electron chi connectivity index (χ2n) is 8.84. The molecule has 0 spiro atoms. The third kappa shape index (κ3) is 6.34. The lowest BCUT2D eigenvalue weighted by Crippen LogP contribution is -2.24. The van der Waals surface area contributed by atoms with E-state index >= 15 is 0 Å². The Kier molecular flexibility index (Phi) is 7.36. The van der Waals surface area contributed by atoms with Crippen molar-refractivity contribution in [2.45, 2.75) is 38.8 Å². The highest BCUT2D eigenvalue weighted by Gasteiger charge is 2.35. The molecule has 10 nitrogen and oxygen atoms in total. The summed E-state index contributed by atoms with van der Waals surface area (Å²) in [6.45, 7) is 1.80. The minimum atomic E-state index is -4.09. The Morgan fingerprint density at radius 3 is 2.86 bits per heavy atom. The van der Waals surface area contributed by atoms with Crippen LogP contribution in [0.25, 0.3) is 0 Å². The van der Waals surface area contributed by atoms with Crippen LogP contribution in [0.3, 0.4) is 0 Å². The van der Waals surface area contributed by atoms with Gasteiger partial charge in [-0.15, -0.1) is 0 Å². The first kappa shape index (κ1) is 25.0. The molecular formula is C23H26FN5O5S. The molecule has 1 aromatic carbocycles. The highest BCUT2D eigenvalue weighted by Crippen LogP contribution is 2.34. The first-order chi connectivity index (χ1) is 16.6. The number of aliphatic hydroxyl groups excluding tert-OH is 1. The van der Waals surface area contributed by atoms with E-state index in [1.165, 1.54) is 18.6 Å². The number of hydrogen-bond acceptors (Lipinski definition) is 8. The molecule has 186 valence electrons. The summed E-state index contributed by atoms with van der Waals surface area (Å²) in [6.07, 6.45) is 5.00. The van der Waals surface area contributed by atoms with Crippen LogP contribution in [0.2, 0.25) is 0 Å². The number of halogens is 1. The van der Waals surface area contributed by atoms with Crippen molar-refractivity contribution in [1.29, 1.82) is 0 Å². The van der Waals surface area contributed by atoms with E-state index in [2.05, 4.69) is 19.2 Å². The van der Waals surface area contributed by atoms with Gasteiger partial charge in [-0.05, 0) is 55.4 Å². The summed E-state index contributed by atoms with van der Waals surface area (Å²) in [5.74, 6) is -1.06. The van der Waals surface area contributed by atoms with Crippen molar-refractivity contribution in [2.24, 2.45) is 17.0 Å². The van der Waals surface area contributed by atoms with Crippen LogP contribution in [0.1, 0.15) is 45.7 Å². The van der Waals surface area contributed by atoms with Gasteiger partial charge in [0.2, 0.25) is 5.78 Å². The van der Waals surface area contributed by atoms with E-state index in [4.69, 9.17) is 5.14 Å². The van der Waals surface area contributed by atoms with Crippen LogP contribution in [0.4, 0.5) is 4.39 Å². The van der Waals surface area contributed by atoms with Crippen LogP contribution < -0.4 is 5.14 Å². The Hall–Kier alpha value is -3.06. The molecule has 1 fully saturated rings. The SMILES string of the molecule is Cc1ccc(Cn2ccc(C(=O)c3cncnc3C[C@@H]3C[C@H](COS(N)(=O)=O)[C@@H](O)C3)n2)cc1F. The zero-order valence-electron chi connectivity index (χ0n) is 19.0. The normalized spacial score (nSPS) is 20.3. The second kappa shape index (κ2) is 10.3. The molecule has 3 atom stereocenters. The second-order valence-corrected chi connectivity index (χ2v) is 10.1. The summed E-state index contributed by atoms with van der Waals surface area (Å²) in [7, 11) is -4.09. The van der Waals surface area contributed by atoms with Gasteiger partial charge in [0.15, 0.2) is 0 Å². The molecule has 1 aliphatic rings. The fourth-order valence-electron chi connectivity index (χ4n) is 4.35. The Bertz CT molecular complexity index is 1330. The van der Waals surface area contributed by atoms with Gasteiger partial charge in [0, 0.05) is 18.3 Å². The van der Waals surface area contributed by atoms with E-state index in [0.29, 0.717) is 42.6 Å². The van der Waals surface area contributed by atoms with E-state index in [-0.39, 0.29) is 35.7 Å². The summed E-state index contributed by atoms with van der Waals surface area (Å²) in [4.78, 5) is 21.4. The molecule has 0 amide bonds. The van der Waals surface area contributed by atoms with Gasteiger partial charge in [-0.3, -0.25) is 13.7 Å². The molecule has 2 aromatic heterocycles. The highest BCUT2D eigenvalue weighted by molar-refractivity contribution is 7.84. The average Bonchev–Trinajstić information content (AvgIpc) is 3.40. The Morgan fingerprint density at radius 1 is 1.31 bits per heavy atom. The molecule has 3 N–H and O–H groups in total. The van der Waals surface area contributed by atoms with Crippen molar-refractivity contribution < 1.29 is 26.9 Å². The molecular weight excluding hydrogens is 477 g/mol. The van der Waals surface area contributed by atoms with Crippen molar-refractivity contribution in [3.63, 3.8) is 0 Å². The quantitative estimate of drug-likeness (QED) is 0.418. The van der Waals surface area contributed by atoms with Gasteiger partial charge in [-0.2, -0.15) is 13.5 Å². The van der Waals surface area contributed by atoms with E-state index in [0.717, 1.165) is 5.56 Å². The van der Waals surface area contributed by atoms with Crippen LogP contribution in [-0.2, 0) is 27.5 Å². The number of nitrogens with two attached hydrogens (primary N) is 1. The summed E-state index contributed by atoms with van der Waals surface area (Å²) < 4.78 is 42.1. The van der Waals surface area contributed by atoms with Gasteiger partial charge in [-0.1, -0.05) is 12.1 Å². The first-order valence-corrected chi connectivity index (χ1v) is 12.5. The number of benzene rings is 1. The van der Waals surface area contributed by atoms with E-state index in [1.807, 2.05) is 6.07 Å². The van der Waals surface area contributed by atoms with Gasteiger partial charge in [0.1, 0.15) is 17.8 Å². The highest BCUT2D eigenvalue weighted by atomic mass is 32.2. The molecule has 12 heteroatoms. The van der Waals surface area contributed by atoms with Gasteiger partial charge in [0.05, 0.1) is 30.5 Å². The van der Waals surface area contributed by atoms with Crippen molar-refractivity contribution in [1.82, 2.24) is 19.7 Å². The number of rotatable bonds is 9. The van der Waals surface area contributed by atoms with Gasteiger partial charge < -0.3 is 5.11 Å². The third-order valence-electron chi connectivity index (χ3n) is 6.18. The number of carbonyl (C=O) groups is 1. The van der Waals surface area contributed by atoms with E-state index < -0.39 is 16.4 Å². The molecule has 0 aliphatic heterocycles. The number of hydrogen-bond donors (Lipinski definition) is 2. The summed E-state index contributed by atoms with van der Waals surface area (Å²) in [5, 5.41) is 19.5. The molecule has 1 aliphatic carbocycles. The minimum Gasteiger partial charge on any atom is -0.393 e. The van der Waals surface area contributed by atoms with Gasteiger partial charge >= 0.3 is 10.3 Å². The lowest BCUT2D eigenvalue weighted by Gasteiger charge is -2.13. The zero-order valence-corrected chi connectivity index (χ0v) is 19.9. The summed E-state index contributed by atoms with van der Waals surface area (Å²) in [6, 6.07) is 6.53. The average molecular weight is 504 g/mol. The summed E-state index contributed by atoms with van der Waals surface area (Å²) in [5.41, 5.74) is 2.31. The zero-order chi connectivity index (χ0) is 25.2. The van der Waals surface area contributed by atoms with Crippen LogP contribution in [-0.4, -0.2) is 51.8 Å². The minimum absolute atomic E-state index is 0.0329. The third-order valence-corrected chi connectivity index (χ3v) is 6.64. The van der Waals surface area contributed by atoms with Gasteiger partial charge in [0.25, 0.3) is 0 Å². The van der Waals surface area contributed by atoms with E-state index in [1.54, 1.807) is 29.9 Å². The molecule has 1 saturated carbocycles. The lowest BCUT2D eigenvalue weighted by molar-refractivity contribution is 0.100. The number of ketones is 1. The lowest BCUT2D eigenvalue weighted by atomic mass is 9.96. The molecule has 35 heavy (non-hydrogen) atoms. The largest absolute Gasteiger partial charge is 0.393 e. The Labute approximate surface area is 202 Å². The number of aliphatic hydroxyl groups is 1. The molecule has 0 radical (unpaired) electrons. The number of aryl methyl sites for hydroxylation is 1. The molecule has 3 aromatic rings. The predicted molar refractivity (Wildman–Crippen MR) is 123 cm³/mol. The molecule has 0 unspecified atom stereocenters. The standard InChI is InChI=1S/C23H26FN5O5S/c1-14-2-3-15(7-19(14)24)11-29-5-4-20(28-29)23(31)18-10-26-13-27-21(18)8-16-6-17(22(30)9-16)12-34-35(25,32)33/h2-5,7,10,13,16-17,22,30H,6,8-9,11-12H2,1H3,(H2,25,32,33)/t16-,17+,22-/m0/s1. The maximum absolute atomic E-state index is 13.8. The van der Waals surface area contributed by atoms with Gasteiger partial charge in [-0.25, -0.2) is 19.5 Å². The maximum Gasteiger partial charge on any atom is 0.333 e. The smallest absolute Gasteiger partial charge is 0.333 e.